The van der Waals surface area contributed by atoms with Crippen LogP contribution in [0.4, 0.5) is 0 Å². The van der Waals surface area contributed by atoms with Crippen LogP contribution in [0.5, 0.6) is 11.6 Å². The van der Waals surface area contributed by atoms with Crippen LogP contribution in [0.25, 0.3) is 0 Å². The Morgan fingerprint density at radius 2 is 2.00 bits per heavy atom. The number of nitrogens with zero attached hydrogens (tertiary/aromatic N) is 1. The third-order valence-corrected chi connectivity index (χ3v) is 3.39. The predicted molar refractivity (Wildman–Crippen MR) is 80.7 cm³/mol. The van der Waals surface area contributed by atoms with Crippen LogP contribution in [-0.4, -0.2) is 12.0 Å². The minimum absolute atomic E-state index is 0.640. The fourth-order valence-corrected chi connectivity index (χ4v) is 2.15. The maximum Gasteiger partial charge on any atom is 0.223 e. The van der Waals surface area contributed by atoms with Gasteiger partial charge >= 0.3 is 0 Å². The Hall–Kier alpha value is -1.39. The molecule has 1 N–H and O–H groups in total. The average Bonchev–Trinajstić information content (AvgIpc) is 2.37. The SMILES string of the molecule is CNCc1cc(Br)cnc1Oc1ccc(C)c(C)c1. The number of aryl methyl sites for hydroxylation is 2. The Labute approximate surface area is 122 Å². The monoisotopic (exact) mass is 320 g/mol. The van der Waals surface area contributed by atoms with Crippen molar-refractivity contribution in [3.63, 3.8) is 0 Å². The number of benzene rings is 1. The van der Waals surface area contributed by atoms with E-state index in [0.717, 1.165) is 15.8 Å². The second-order valence-corrected chi connectivity index (χ2v) is 5.41. The third kappa shape index (κ3) is 3.55. The number of hydrogen-bond donors (Lipinski definition) is 1. The molecule has 2 rings (SSSR count). The van der Waals surface area contributed by atoms with Crippen molar-refractivity contribution in [2.45, 2.75) is 20.4 Å². The summed E-state index contributed by atoms with van der Waals surface area (Å²) in [6.45, 7) is 4.88. The molecule has 1 heterocycles. The zero-order valence-corrected chi connectivity index (χ0v) is 12.9. The van der Waals surface area contributed by atoms with Gasteiger partial charge in [0.2, 0.25) is 5.88 Å². The van der Waals surface area contributed by atoms with E-state index in [4.69, 9.17) is 4.74 Å². The lowest BCUT2D eigenvalue weighted by atomic mass is 10.1. The molecule has 0 aliphatic carbocycles. The normalized spacial score (nSPS) is 10.5. The van der Waals surface area contributed by atoms with Crippen molar-refractivity contribution in [1.29, 1.82) is 0 Å². The summed E-state index contributed by atoms with van der Waals surface area (Å²) in [5.41, 5.74) is 3.49. The van der Waals surface area contributed by atoms with Crippen LogP contribution in [0.1, 0.15) is 16.7 Å². The Balaban J connectivity index is 2.29. The van der Waals surface area contributed by atoms with Crippen LogP contribution in [-0.2, 0) is 6.54 Å². The predicted octanol–water partition coefficient (Wildman–Crippen LogP) is 3.97. The third-order valence-electron chi connectivity index (χ3n) is 2.95. The summed E-state index contributed by atoms with van der Waals surface area (Å²) in [6, 6.07) is 8.07. The summed E-state index contributed by atoms with van der Waals surface area (Å²) in [4.78, 5) is 4.34. The number of nitrogens with one attached hydrogen (secondary N) is 1. The Morgan fingerprint density at radius 1 is 1.21 bits per heavy atom. The molecule has 0 aliphatic heterocycles. The van der Waals surface area contributed by atoms with E-state index in [0.29, 0.717) is 12.4 Å². The molecule has 1 aromatic carbocycles. The summed E-state index contributed by atoms with van der Waals surface area (Å²) < 4.78 is 6.83. The number of aromatic nitrogens is 1. The molecule has 0 unspecified atom stereocenters. The first-order valence-electron chi connectivity index (χ1n) is 6.14. The highest BCUT2D eigenvalue weighted by Crippen LogP contribution is 2.26. The van der Waals surface area contributed by atoms with Crippen molar-refractivity contribution >= 4 is 15.9 Å². The number of ether oxygens (including phenoxy) is 1. The van der Waals surface area contributed by atoms with Gasteiger partial charge < -0.3 is 10.1 Å². The largest absolute Gasteiger partial charge is 0.439 e. The highest BCUT2D eigenvalue weighted by Gasteiger charge is 2.07. The molecular formula is C15H17BrN2O. The molecule has 0 atom stereocenters. The molecule has 0 saturated heterocycles. The smallest absolute Gasteiger partial charge is 0.223 e. The molecule has 1 aromatic heterocycles. The number of rotatable bonds is 4. The Kier molecular flexibility index (Phi) is 4.56. The van der Waals surface area contributed by atoms with Gasteiger partial charge in [-0.25, -0.2) is 4.98 Å². The first-order valence-corrected chi connectivity index (χ1v) is 6.93. The standard InChI is InChI=1S/C15H17BrN2O/c1-10-4-5-14(6-11(10)2)19-15-12(8-17-3)7-13(16)9-18-15/h4-7,9,17H,8H2,1-3H3. The Bertz CT molecular complexity index is 584. The molecule has 19 heavy (non-hydrogen) atoms. The van der Waals surface area contributed by atoms with Gasteiger partial charge in [0, 0.05) is 22.8 Å². The summed E-state index contributed by atoms with van der Waals surface area (Å²) in [6.07, 6.45) is 1.75. The van der Waals surface area contributed by atoms with Gasteiger partial charge in [-0.1, -0.05) is 6.07 Å². The quantitative estimate of drug-likeness (QED) is 0.925. The van der Waals surface area contributed by atoms with Crippen molar-refractivity contribution in [3.05, 3.63) is 51.6 Å². The van der Waals surface area contributed by atoms with Crippen LogP contribution in [0.15, 0.2) is 34.9 Å². The van der Waals surface area contributed by atoms with E-state index >= 15 is 0 Å². The maximum atomic E-state index is 5.88. The number of pyridine rings is 1. The van der Waals surface area contributed by atoms with Crippen LogP contribution in [0, 0.1) is 13.8 Å². The van der Waals surface area contributed by atoms with Gasteiger partial charge in [0.15, 0.2) is 0 Å². The molecule has 3 nitrogen and oxygen atoms in total. The lowest BCUT2D eigenvalue weighted by Crippen LogP contribution is -2.07. The lowest BCUT2D eigenvalue weighted by Gasteiger charge is -2.11. The van der Waals surface area contributed by atoms with Crippen LogP contribution >= 0.6 is 15.9 Å². The second kappa shape index (κ2) is 6.17. The van der Waals surface area contributed by atoms with Gasteiger partial charge in [-0.3, -0.25) is 0 Å². The van der Waals surface area contributed by atoms with E-state index in [-0.39, 0.29) is 0 Å². The van der Waals surface area contributed by atoms with E-state index < -0.39 is 0 Å². The molecule has 0 amide bonds. The molecule has 0 spiro atoms. The van der Waals surface area contributed by atoms with Crippen molar-refractivity contribution < 1.29 is 4.74 Å². The Morgan fingerprint density at radius 3 is 2.68 bits per heavy atom. The average molecular weight is 321 g/mol. The molecule has 100 valence electrons. The second-order valence-electron chi connectivity index (χ2n) is 4.50. The van der Waals surface area contributed by atoms with Crippen molar-refractivity contribution in [3.8, 4) is 11.6 Å². The van der Waals surface area contributed by atoms with Gasteiger partial charge in [-0.2, -0.15) is 0 Å². The van der Waals surface area contributed by atoms with E-state index in [9.17, 15) is 0 Å². The summed E-state index contributed by atoms with van der Waals surface area (Å²) in [5, 5.41) is 3.12. The first kappa shape index (κ1) is 14.0. The van der Waals surface area contributed by atoms with E-state index in [1.165, 1.54) is 11.1 Å². The van der Waals surface area contributed by atoms with Gasteiger partial charge in [0.25, 0.3) is 0 Å². The first-order chi connectivity index (χ1) is 9.10. The zero-order valence-electron chi connectivity index (χ0n) is 11.3. The topological polar surface area (TPSA) is 34.2 Å². The molecule has 2 aromatic rings. The summed E-state index contributed by atoms with van der Waals surface area (Å²) in [5.74, 6) is 1.45. The molecular weight excluding hydrogens is 304 g/mol. The highest BCUT2D eigenvalue weighted by molar-refractivity contribution is 9.10. The minimum atomic E-state index is 0.640. The van der Waals surface area contributed by atoms with Gasteiger partial charge in [0.05, 0.1) is 0 Å². The van der Waals surface area contributed by atoms with Gasteiger partial charge in [0.1, 0.15) is 5.75 Å². The molecule has 0 bridgehead atoms. The highest BCUT2D eigenvalue weighted by atomic mass is 79.9. The van der Waals surface area contributed by atoms with Gasteiger partial charge in [-0.15, -0.1) is 0 Å². The molecule has 0 fully saturated rings. The van der Waals surface area contributed by atoms with Crippen LogP contribution < -0.4 is 10.1 Å². The van der Waals surface area contributed by atoms with Gasteiger partial charge in [-0.05, 0) is 66.2 Å². The maximum absolute atomic E-state index is 5.88. The molecule has 0 saturated carbocycles. The number of hydrogen-bond acceptors (Lipinski definition) is 3. The van der Waals surface area contributed by atoms with E-state index in [1.54, 1.807) is 6.20 Å². The fraction of sp³-hybridized carbons (Fsp3) is 0.267. The van der Waals surface area contributed by atoms with E-state index in [1.807, 2.05) is 25.2 Å². The zero-order chi connectivity index (χ0) is 13.8. The van der Waals surface area contributed by atoms with E-state index in [2.05, 4.69) is 46.1 Å². The van der Waals surface area contributed by atoms with Crippen LogP contribution in [0.2, 0.25) is 0 Å². The summed E-state index contributed by atoms with van der Waals surface area (Å²) >= 11 is 3.43. The fourth-order valence-electron chi connectivity index (χ4n) is 1.77. The molecule has 0 aliphatic rings. The molecule has 4 heteroatoms. The van der Waals surface area contributed by atoms with Crippen molar-refractivity contribution in [2.24, 2.45) is 0 Å². The summed E-state index contributed by atoms with van der Waals surface area (Å²) in [7, 11) is 1.90. The number of halogens is 1. The van der Waals surface area contributed by atoms with Crippen molar-refractivity contribution in [1.82, 2.24) is 10.3 Å². The molecule has 0 radical (unpaired) electrons. The lowest BCUT2D eigenvalue weighted by molar-refractivity contribution is 0.453. The van der Waals surface area contributed by atoms with Crippen molar-refractivity contribution in [2.75, 3.05) is 7.05 Å². The van der Waals surface area contributed by atoms with Crippen LogP contribution in [0.3, 0.4) is 0 Å². The minimum Gasteiger partial charge on any atom is -0.439 e.